The number of imidazole rings is 1. The molecule has 1 aliphatic rings. The van der Waals surface area contributed by atoms with E-state index in [2.05, 4.69) is 17.6 Å². The molecule has 6 heteroatoms. The van der Waals surface area contributed by atoms with Crippen molar-refractivity contribution in [1.29, 1.82) is 10.5 Å². The predicted molar refractivity (Wildman–Crippen MR) is 68.0 cm³/mol. The van der Waals surface area contributed by atoms with Crippen LogP contribution in [0, 0.1) is 28.1 Å². The van der Waals surface area contributed by atoms with Crippen LogP contribution in [0.25, 0.3) is 0 Å². The summed E-state index contributed by atoms with van der Waals surface area (Å²) in [4.78, 5) is 3.96. The Morgan fingerprint density at radius 1 is 1.39 bits per heavy atom. The molecule has 0 aromatic carbocycles. The van der Waals surface area contributed by atoms with E-state index in [1.807, 2.05) is 12.1 Å². The van der Waals surface area contributed by atoms with Crippen molar-refractivity contribution in [3.05, 3.63) is 17.7 Å². The van der Waals surface area contributed by atoms with Gasteiger partial charge in [-0.2, -0.15) is 23.2 Å². The average molecular weight is 262 g/mol. The van der Waals surface area contributed by atoms with Gasteiger partial charge in [0.05, 0.1) is 6.33 Å². The van der Waals surface area contributed by atoms with Gasteiger partial charge in [-0.05, 0) is 18.6 Å². The fourth-order valence-electron chi connectivity index (χ4n) is 2.23. The normalized spacial score (nSPS) is 17.9. The molecule has 0 radical (unpaired) electrons. The van der Waals surface area contributed by atoms with Crippen LogP contribution in [0.5, 0.6) is 0 Å². The molecule has 94 valence electrons. The molecule has 0 spiro atoms. The average Bonchev–Trinajstić information content (AvgIpc) is 2.81. The van der Waals surface area contributed by atoms with Gasteiger partial charge in [-0.15, -0.1) is 0 Å². The van der Waals surface area contributed by atoms with Crippen LogP contribution in [0.15, 0.2) is 6.33 Å². The Morgan fingerprint density at radius 3 is 2.67 bits per heavy atom. The fourth-order valence-corrected chi connectivity index (χ4v) is 2.65. The molecule has 1 aliphatic heterocycles. The molecular weight excluding hydrogens is 248 g/mol. The molecule has 0 unspecified atom stereocenters. The second-order valence-electron chi connectivity index (χ2n) is 4.56. The first-order valence-electron chi connectivity index (χ1n) is 5.78. The van der Waals surface area contributed by atoms with Crippen molar-refractivity contribution in [3.8, 4) is 12.1 Å². The Labute approximate surface area is 111 Å². The lowest BCUT2D eigenvalue weighted by Gasteiger charge is -2.36. The molecule has 0 aliphatic carbocycles. The maximum absolute atomic E-state index is 9.10. The molecule has 0 amide bonds. The van der Waals surface area contributed by atoms with Crippen molar-refractivity contribution in [2.45, 2.75) is 19.4 Å². The number of rotatable bonds is 3. The molecule has 0 atom stereocenters. The molecule has 1 aromatic heterocycles. The van der Waals surface area contributed by atoms with Crippen LogP contribution in [0.1, 0.15) is 24.2 Å². The van der Waals surface area contributed by atoms with Crippen molar-refractivity contribution in [1.82, 2.24) is 9.55 Å². The molecule has 1 saturated heterocycles. The van der Waals surface area contributed by atoms with E-state index < -0.39 is 0 Å². The molecular formula is C12H14N4OS. The Bertz CT molecular complexity index is 505. The van der Waals surface area contributed by atoms with E-state index in [0.717, 1.165) is 31.8 Å². The monoisotopic (exact) mass is 262 g/mol. The Morgan fingerprint density at radius 2 is 2.11 bits per heavy atom. The van der Waals surface area contributed by atoms with Gasteiger partial charge in [-0.1, -0.05) is 0 Å². The highest BCUT2D eigenvalue weighted by Gasteiger charge is 2.32. The molecule has 2 rings (SSSR count). The van der Waals surface area contributed by atoms with E-state index in [0.29, 0.717) is 12.2 Å². The van der Waals surface area contributed by atoms with Crippen LogP contribution in [-0.4, -0.2) is 28.5 Å². The summed E-state index contributed by atoms with van der Waals surface area (Å²) in [6.45, 7) is 2.11. The summed E-state index contributed by atoms with van der Waals surface area (Å²) in [5.74, 6) is 0.737. The third kappa shape index (κ3) is 2.35. The molecule has 2 heterocycles. The van der Waals surface area contributed by atoms with Crippen molar-refractivity contribution in [2.24, 2.45) is 5.41 Å². The van der Waals surface area contributed by atoms with Crippen LogP contribution in [0.4, 0.5) is 0 Å². The van der Waals surface area contributed by atoms with Gasteiger partial charge in [-0.25, -0.2) is 4.98 Å². The van der Waals surface area contributed by atoms with Crippen molar-refractivity contribution < 1.29 is 4.74 Å². The van der Waals surface area contributed by atoms with Gasteiger partial charge >= 0.3 is 0 Å². The molecule has 18 heavy (non-hydrogen) atoms. The van der Waals surface area contributed by atoms with E-state index in [1.54, 1.807) is 10.9 Å². The number of nitrogens with zero attached hydrogens (tertiary/aromatic N) is 4. The van der Waals surface area contributed by atoms with Gasteiger partial charge in [0, 0.05) is 25.2 Å². The second-order valence-corrected chi connectivity index (χ2v) is 4.88. The lowest BCUT2D eigenvalue weighted by molar-refractivity contribution is 0.0181. The van der Waals surface area contributed by atoms with Crippen molar-refractivity contribution >= 4 is 12.6 Å². The molecule has 5 nitrogen and oxygen atoms in total. The number of aromatic nitrogens is 2. The number of nitriles is 2. The lowest BCUT2D eigenvalue weighted by atomic mass is 9.82. The molecule has 1 aromatic rings. The first-order valence-corrected chi connectivity index (χ1v) is 6.42. The number of hydrogen-bond acceptors (Lipinski definition) is 5. The van der Waals surface area contributed by atoms with Gasteiger partial charge in [0.25, 0.3) is 0 Å². The topological polar surface area (TPSA) is 74.6 Å². The van der Waals surface area contributed by atoms with Gasteiger partial charge in [0.1, 0.15) is 12.1 Å². The third-order valence-electron chi connectivity index (χ3n) is 3.44. The van der Waals surface area contributed by atoms with E-state index in [1.165, 1.54) is 0 Å². The summed E-state index contributed by atoms with van der Waals surface area (Å²) >= 11 is 4.44. The second kappa shape index (κ2) is 5.43. The van der Waals surface area contributed by atoms with Gasteiger partial charge in [-0.3, -0.25) is 0 Å². The van der Waals surface area contributed by atoms with Gasteiger partial charge < -0.3 is 9.30 Å². The van der Waals surface area contributed by atoms with Crippen molar-refractivity contribution in [2.75, 3.05) is 19.0 Å². The van der Waals surface area contributed by atoms with Crippen LogP contribution < -0.4 is 0 Å². The van der Waals surface area contributed by atoms with Crippen LogP contribution in [0.3, 0.4) is 0 Å². The Kier molecular flexibility index (Phi) is 3.90. The minimum Gasteiger partial charge on any atom is -0.381 e. The van der Waals surface area contributed by atoms with E-state index in [4.69, 9.17) is 15.3 Å². The zero-order valence-electron chi connectivity index (χ0n) is 9.96. The predicted octanol–water partition coefficient (Wildman–Crippen LogP) is 1.35. The van der Waals surface area contributed by atoms with Crippen LogP contribution in [0.2, 0.25) is 0 Å². The first-order chi connectivity index (χ1) is 8.74. The summed E-state index contributed by atoms with van der Waals surface area (Å²) < 4.78 is 7.14. The van der Waals surface area contributed by atoms with Crippen LogP contribution in [-0.2, 0) is 11.3 Å². The largest absolute Gasteiger partial charge is 0.381 e. The maximum Gasteiger partial charge on any atom is 0.176 e. The molecule has 0 saturated carbocycles. The summed E-state index contributed by atoms with van der Waals surface area (Å²) in [6, 6.07) is 3.98. The summed E-state index contributed by atoms with van der Waals surface area (Å²) in [5.41, 5.74) is 0.560. The molecule has 1 fully saturated rings. The highest BCUT2D eigenvalue weighted by atomic mass is 32.1. The molecule has 0 bridgehead atoms. The Hall–Kier alpha value is -1.50. The van der Waals surface area contributed by atoms with Gasteiger partial charge in [0.2, 0.25) is 0 Å². The smallest absolute Gasteiger partial charge is 0.176 e. The van der Waals surface area contributed by atoms with Crippen molar-refractivity contribution in [3.63, 3.8) is 0 Å². The summed E-state index contributed by atoms with van der Waals surface area (Å²) in [7, 11) is 0. The highest BCUT2D eigenvalue weighted by Crippen LogP contribution is 2.34. The standard InChI is InChI=1S/C12H14N4OS/c13-5-10-11(6-14)16(9-15-10)7-12(8-18)1-3-17-4-2-12/h9,18H,1-4,7-8H2. The molecule has 0 N–H and O–H groups in total. The zero-order valence-corrected chi connectivity index (χ0v) is 10.9. The zero-order chi connectivity index (χ0) is 13.0. The maximum atomic E-state index is 9.10. The van der Waals surface area contributed by atoms with Gasteiger partial charge in [0.15, 0.2) is 11.4 Å². The summed E-state index contributed by atoms with van der Waals surface area (Å²) in [6.07, 6.45) is 3.40. The van der Waals surface area contributed by atoms with E-state index >= 15 is 0 Å². The van der Waals surface area contributed by atoms with E-state index in [9.17, 15) is 0 Å². The van der Waals surface area contributed by atoms with Crippen LogP contribution >= 0.6 is 12.6 Å². The number of hydrogen-bond donors (Lipinski definition) is 1. The quantitative estimate of drug-likeness (QED) is 0.834. The minimum absolute atomic E-state index is 0.0282. The SMILES string of the molecule is N#Cc1ncn(CC2(CS)CCOCC2)c1C#N. The fraction of sp³-hybridized carbons (Fsp3) is 0.583. The number of thiol groups is 1. The lowest BCUT2D eigenvalue weighted by Crippen LogP contribution is -2.35. The third-order valence-corrected chi connectivity index (χ3v) is 4.11. The highest BCUT2D eigenvalue weighted by molar-refractivity contribution is 7.80. The first kappa shape index (κ1) is 12.9. The minimum atomic E-state index is 0.0282. The Balaban J connectivity index is 2.25. The summed E-state index contributed by atoms with van der Waals surface area (Å²) in [5, 5.41) is 18.0. The number of ether oxygens (including phenoxy) is 1. The van der Waals surface area contributed by atoms with E-state index in [-0.39, 0.29) is 11.1 Å².